The zero-order chi connectivity index (χ0) is 18.4. The molecule has 4 rings (SSSR count). The smallest absolute Gasteiger partial charge is 0.231 e. The summed E-state index contributed by atoms with van der Waals surface area (Å²) >= 11 is 0. The molecule has 0 spiro atoms. The highest BCUT2D eigenvalue weighted by atomic mass is 19.2. The average molecular weight is 361 g/mol. The Labute approximate surface area is 146 Å². The zero-order valence-corrected chi connectivity index (χ0v) is 13.4. The molecular formula is C18H14F3N3O2. The normalized spacial score (nSPS) is 18.9. The van der Waals surface area contributed by atoms with E-state index in [0.717, 1.165) is 12.1 Å². The van der Waals surface area contributed by atoms with Gasteiger partial charge in [-0.05, 0) is 47.4 Å². The van der Waals surface area contributed by atoms with Gasteiger partial charge in [-0.25, -0.2) is 18.2 Å². The molecule has 2 heterocycles. The lowest BCUT2D eigenvalue weighted by molar-refractivity contribution is -0.117. The predicted molar refractivity (Wildman–Crippen MR) is 88.1 cm³/mol. The van der Waals surface area contributed by atoms with Crippen LogP contribution in [0.3, 0.4) is 0 Å². The number of alkyl halides is 1. The van der Waals surface area contributed by atoms with Crippen LogP contribution in [0.15, 0.2) is 36.7 Å². The lowest BCUT2D eigenvalue weighted by atomic mass is 10.0. The van der Waals surface area contributed by atoms with E-state index in [1.165, 1.54) is 0 Å². The number of carbonyl (C=O) groups is 1. The van der Waals surface area contributed by atoms with Gasteiger partial charge >= 0.3 is 0 Å². The summed E-state index contributed by atoms with van der Waals surface area (Å²) in [6.07, 6.45) is 2.30. The van der Waals surface area contributed by atoms with Crippen molar-refractivity contribution in [3.63, 3.8) is 0 Å². The van der Waals surface area contributed by atoms with Crippen LogP contribution >= 0.6 is 0 Å². The molecule has 0 saturated heterocycles. The van der Waals surface area contributed by atoms with Gasteiger partial charge in [-0.15, -0.1) is 0 Å². The standard InChI is InChI=1S/C18H14F3N3O2/c19-13-5-12(13)18(26)23-16-7-24-6-9(1-2-17(24)22-16)11-4-15(21)14(20)3-10(11)8-25/h1-4,6-7,12-13,25H,5,8H2,(H,23,26). The molecule has 2 N–H and O–H groups in total. The van der Waals surface area contributed by atoms with Crippen LogP contribution in [-0.4, -0.2) is 26.6 Å². The van der Waals surface area contributed by atoms with Crippen LogP contribution in [0.25, 0.3) is 16.8 Å². The van der Waals surface area contributed by atoms with Gasteiger partial charge in [-0.3, -0.25) is 4.79 Å². The van der Waals surface area contributed by atoms with Gasteiger partial charge in [0.1, 0.15) is 11.8 Å². The van der Waals surface area contributed by atoms with Crippen LogP contribution in [-0.2, 0) is 11.4 Å². The van der Waals surface area contributed by atoms with E-state index in [0.29, 0.717) is 16.8 Å². The Hall–Kier alpha value is -2.87. The van der Waals surface area contributed by atoms with Crippen LogP contribution in [0, 0.1) is 17.6 Å². The molecule has 26 heavy (non-hydrogen) atoms. The van der Waals surface area contributed by atoms with E-state index < -0.39 is 36.2 Å². The molecule has 5 nitrogen and oxygen atoms in total. The summed E-state index contributed by atoms with van der Waals surface area (Å²) in [4.78, 5) is 16.0. The van der Waals surface area contributed by atoms with E-state index in [-0.39, 0.29) is 17.8 Å². The summed E-state index contributed by atoms with van der Waals surface area (Å²) in [6.45, 7) is -0.443. The zero-order valence-electron chi connectivity index (χ0n) is 13.4. The Morgan fingerprint density at radius 1 is 1.27 bits per heavy atom. The van der Waals surface area contributed by atoms with Crippen molar-refractivity contribution in [3.05, 3.63) is 53.9 Å². The number of benzene rings is 1. The summed E-state index contributed by atoms with van der Waals surface area (Å²) in [7, 11) is 0. The summed E-state index contributed by atoms with van der Waals surface area (Å²) in [5, 5.41) is 12.0. The van der Waals surface area contributed by atoms with Gasteiger partial charge in [0, 0.05) is 6.20 Å². The number of hydrogen-bond donors (Lipinski definition) is 2. The average Bonchev–Trinajstić information content (AvgIpc) is 3.22. The predicted octanol–water partition coefficient (Wildman–Crippen LogP) is 3.07. The van der Waals surface area contributed by atoms with Crippen molar-refractivity contribution in [2.75, 3.05) is 5.32 Å². The molecule has 1 saturated carbocycles. The Balaban J connectivity index is 1.68. The third-order valence-corrected chi connectivity index (χ3v) is 4.38. The van der Waals surface area contributed by atoms with E-state index in [2.05, 4.69) is 10.3 Å². The second-order valence-corrected chi connectivity index (χ2v) is 6.24. The first-order valence-corrected chi connectivity index (χ1v) is 7.99. The number of aromatic nitrogens is 2. The summed E-state index contributed by atoms with van der Waals surface area (Å²) in [6, 6.07) is 5.27. The van der Waals surface area contributed by atoms with Crippen molar-refractivity contribution in [3.8, 4) is 11.1 Å². The van der Waals surface area contributed by atoms with Gasteiger partial charge in [0.05, 0.1) is 18.7 Å². The molecule has 8 heteroatoms. The quantitative estimate of drug-likeness (QED) is 0.751. The molecule has 0 radical (unpaired) electrons. The third kappa shape index (κ3) is 2.92. The number of imidazole rings is 1. The second-order valence-electron chi connectivity index (χ2n) is 6.24. The lowest BCUT2D eigenvalue weighted by Gasteiger charge is -2.09. The molecule has 2 atom stereocenters. The number of rotatable bonds is 4. The fourth-order valence-electron chi connectivity index (χ4n) is 2.85. The summed E-state index contributed by atoms with van der Waals surface area (Å²) in [5.74, 6) is -2.80. The fraction of sp³-hybridized carbons (Fsp3) is 0.222. The summed E-state index contributed by atoms with van der Waals surface area (Å²) in [5.41, 5.74) is 1.66. The topological polar surface area (TPSA) is 66.6 Å². The SMILES string of the molecule is O=C(Nc1cn2cc(-c3cc(F)c(F)cc3CO)ccc2n1)C1CC1F. The third-order valence-electron chi connectivity index (χ3n) is 4.38. The highest BCUT2D eigenvalue weighted by Crippen LogP contribution is 2.34. The summed E-state index contributed by atoms with van der Waals surface area (Å²) < 4.78 is 41.5. The largest absolute Gasteiger partial charge is 0.392 e. The number of amides is 1. The van der Waals surface area contributed by atoms with Gasteiger partial charge in [0.25, 0.3) is 0 Å². The first-order chi connectivity index (χ1) is 12.5. The maximum atomic E-state index is 13.6. The fourth-order valence-corrected chi connectivity index (χ4v) is 2.85. The van der Waals surface area contributed by atoms with Crippen LogP contribution in [0.2, 0.25) is 0 Å². The van der Waals surface area contributed by atoms with Gasteiger partial charge in [-0.1, -0.05) is 0 Å². The highest BCUT2D eigenvalue weighted by molar-refractivity contribution is 5.94. The number of anilines is 1. The first-order valence-electron chi connectivity index (χ1n) is 7.99. The molecule has 2 aromatic heterocycles. The maximum absolute atomic E-state index is 13.6. The molecule has 1 aromatic carbocycles. The minimum atomic E-state index is -1.09. The van der Waals surface area contributed by atoms with Crippen molar-refractivity contribution >= 4 is 17.4 Å². The number of fused-ring (bicyclic) bond motifs is 1. The lowest BCUT2D eigenvalue weighted by Crippen LogP contribution is -2.15. The van der Waals surface area contributed by atoms with Crippen molar-refractivity contribution in [1.29, 1.82) is 0 Å². The molecule has 1 amide bonds. The molecule has 0 aliphatic heterocycles. The van der Waals surface area contributed by atoms with Gasteiger partial charge in [0.2, 0.25) is 5.91 Å². The Morgan fingerprint density at radius 3 is 2.69 bits per heavy atom. The van der Waals surface area contributed by atoms with Crippen molar-refractivity contribution < 1.29 is 23.1 Å². The monoisotopic (exact) mass is 361 g/mol. The van der Waals surface area contributed by atoms with E-state index in [4.69, 9.17) is 0 Å². The highest BCUT2D eigenvalue weighted by Gasteiger charge is 2.43. The minimum Gasteiger partial charge on any atom is -0.392 e. The second kappa shape index (κ2) is 6.14. The molecule has 0 bridgehead atoms. The van der Waals surface area contributed by atoms with Crippen LogP contribution in [0.1, 0.15) is 12.0 Å². The maximum Gasteiger partial charge on any atom is 0.231 e. The number of halogens is 3. The molecular weight excluding hydrogens is 347 g/mol. The number of aliphatic hydroxyl groups excluding tert-OH is 1. The number of hydrogen-bond acceptors (Lipinski definition) is 3. The van der Waals surface area contributed by atoms with E-state index in [1.807, 2.05) is 0 Å². The van der Waals surface area contributed by atoms with Crippen LogP contribution in [0.4, 0.5) is 19.0 Å². The number of nitrogens with zero attached hydrogens (tertiary/aromatic N) is 2. The minimum absolute atomic E-state index is 0.226. The Morgan fingerprint density at radius 2 is 2.00 bits per heavy atom. The molecule has 1 fully saturated rings. The molecule has 3 aromatic rings. The molecule has 1 aliphatic rings. The van der Waals surface area contributed by atoms with E-state index in [1.54, 1.807) is 28.9 Å². The van der Waals surface area contributed by atoms with Crippen molar-refractivity contribution in [1.82, 2.24) is 9.38 Å². The Kier molecular flexibility index (Phi) is 3.91. The Bertz CT molecular complexity index is 1020. The van der Waals surface area contributed by atoms with Crippen molar-refractivity contribution in [2.45, 2.75) is 19.2 Å². The first kappa shape index (κ1) is 16.6. The van der Waals surface area contributed by atoms with Crippen LogP contribution in [0.5, 0.6) is 0 Å². The van der Waals surface area contributed by atoms with Gasteiger partial charge in [-0.2, -0.15) is 0 Å². The van der Waals surface area contributed by atoms with E-state index >= 15 is 0 Å². The number of pyridine rings is 1. The van der Waals surface area contributed by atoms with Crippen LogP contribution < -0.4 is 5.32 Å². The molecule has 2 unspecified atom stereocenters. The van der Waals surface area contributed by atoms with E-state index in [9.17, 15) is 23.1 Å². The van der Waals surface area contributed by atoms with Crippen molar-refractivity contribution in [2.24, 2.45) is 5.92 Å². The number of aliphatic hydroxyl groups is 1. The van der Waals surface area contributed by atoms with Gasteiger partial charge in [0.15, 0.2) is 17.5 Å². The molecule has 134 valence electrons. The van der Waals surface area contributed by atoms with Gasteiger partial charge < -0.3 is 14.8 Å². The number of nitrogens with one attached hydrogen (secondary N) is 1. The number of carbonyl (C=O) groups excluding carboxylic acids is 1. The molecule has 1 aliphatic carbocycles.